The number of carbonyl (C=O) groups is 4. The number of benzene rings is 3. The zero-order valence-electron chi connectivity index (χ0n) is 18.3. The molecular formula is C27H17Cl2NO5. The molecule has 1 spiro atoms. The van der Waals surface area contributed by atoms with Crippen molar-refractivity contribution < 1.29 is 23.9 Å². The van der Waals surface area contributed by atoms with Crippen molar-refractivity contribution in [2.75, 3.05) is 4.90 Å². The Hall–Kier alpha value is -3.48. The summed E-state index contributed by atoms with van der Waals surface area (Å²) >= 11 is 12.8. The minimum Gasteiger partial charge on any atom is -0.393 e. The molecule has 0 radical (unpaired) electrons. The van der Waals surface area contributed by atoms with Crippen molar-refractivity contribution in [1.29, 1.82) is 0 Å². The van der Waals surface area contributed by atoms with Crippen molar-refractivity contribution in [2.45, 2.75) is 18.5 Å². The molecule has 0 amide bonds. The first kappa shape index (κ1) is 22.0. The molecule has 0 N–H and O–H groups in total. The molecule has 174 valence electrons. The smallest absolute Gasteiger partial charge is 0.320 e. The molecule has 3 aliphatic rings. The van der Waals surface area contributed by atoms with Crippen LogP contribution in [0.3, 0.4) is 0 Å². The number of hydrogen-bond acceptors (Lipinski definition) is 6. The number of ether oxygens (including phenoxy) is 1. The molecule has 1 aliphatic carbocycles. The van der Waals surface area contributed by atoms with Gasteiger partial charge in [-0.1, -0.05) is 77.3 Å². The average molecular weight is 506 g/mol. The van der Waals surface area contributed by atoms with E-state index >= 15 is 0 Å². The fourth-order valence-electron chi connectivity index (χ4n) is 5.82. The Morgan fingerprint density at radius 1 is 0.829 bits per heavy atom. The number of ketones is 2. The fraction of sp³-hybridized carbons (Fsp3) is 0.185. The van der Waals surface area contributed by atoms with Crippen LogP contribution in [-0.2, 0) is 14.3 Å². The normalized spacial score (nSPS) is 24.2. The third-order valence-corrected chi connectivity index (χ3v) is 7.77. The number of anilines is 1. The van der Waals surface area contributed by atoms with Gasteiger partial charge in [-0.15, -0.1) is 0 Å². The maximum Gasteiger partial charge on any atom is 0.320 e. The van der Waals surface area contributed by atoms with E-state index in [2.05, 4.69) is 0 Å². The molecule has 2 saturated heterocycles. The number of rotatable bonds is 2. The van der Waals surface area contributed by atoms with Crippen LogP contribution in [0.4, 0.5) is 5.69 Å². The minimum absolute atomic E-state index is 0.186. The van der Waals surface area contributed by atoms with Gasteiger partial charge in [0.15, 0.2) is 17.1 Å². The molecule has 35 heavy (non-hydrogen) atoms. The van der Waals surface area contributed by atoms with E-state index < -0.39 is 46.9 Å². The van der Waals surface area contributed by atoms with Gasteiger partial charge in [-0.05, 0) is 30.7 Å². The van der Waals surface area contributed by atoms with E-state index in [0.29, 0.717) is 16.3 Å². The molecule has 0 bridgehead atoms. The SMILES string of the molecule is Cc1ccc([C@@H]2[C@@H]3C(=O)OC(=O)[C@@H]3C3(C(=O)c4ccccc4C3=O)N2c2ccc(Cl)cc2Cl)cc1. The number of halogens is 2. The quantitative estimate of drug-likeness (QED) is 0.360. The van der Waals surface area contributed by atoms with Crippen molar-refractivity contribution in [3.05, 3.63) is 99.0 Å². The zero-order valence-corrected chi connectivity index (χ0v) is 19.8. The Morgan fingerprint density at radius 2 is 1.46 bits per heavy atom. The minimum atomic E-state index is -2.02. The summed E-state index contributed by atoms with van der Waals surface area (Å²) in [4.78, 5) is 56.2. The van der Waals surface area contributed by atoms with Crippen LogP contribution < -0.4 is 4.90 Å². The Morgan fingerprint density at radius 3 is 2.06 bits per heavy atom. The Bertz CT molecular complexity index is 1430. The summed E-state index contributed by atoms with van der Waals surface area (Å²) in [7, 11) is 0. The van der Waals surface area contributed by atoms with Crippen LogP contribution in [0.1, 0.15) is 37.9 Å². The summed E-state index contributed by atoms with van der Waals surface area (Å²) in [5.41, 5.74) is 0.332. The summed E-state index contributed by atoms with van der Waals surface area (Å²) in [5.74, 6) is -5.19. The standard InChI is InChI=1S/C27H17Cl2NO5/c1-13-6-8-14(9-7-13)22-20-21(26(34)35-25(20)33)27(30(22)19-11-10-15(28)12-18(19)29)23(31)16-4-2-3-5-17(16)24(27)32/h2-12,20-22H,1H3/t20-,21-,22-/m1/s1. The second-order valence-corrected chi connectivity index (χ2v) is 9.88. The van der Waals surface area contributed by atoms with Crippen molar-refractivity contribution in [3.8, 4) is 0 Å². The van der Waals surface area contributed by atoms with Crippen molar-refractivity contribution in [3.63, 3.8) is 0 Å². The van der Waals surface area contributed by atoms with E-state index in [1.54, 1.807) is 41.3 Å². The van der Waals surface area contributed by atoms with Gasteiger partial charge in [0.1, 0.15) is 5.92 Å². The van der Waals surface area contributed by atoms with Gasteiger partial charge in [-0.3, -0.25) is 19.2 Å². The highest BCUT2D eigenvalue weighted by molar-refractivity contribution is 6.39. The highest BCUT2D eigenvalue weighted by Gasteiger charge is 2.76. The molecule has 2 aliphatic heterocycles. The van der Waals surface area contributed by atoms with Gasteiger partial charge in [-0.25, -0.2) is 0 Å². The molecule has 2 heterocycles. The molecule has 3 aromatic carbocycles. The molecule has 2 fully saturated rings. The summed E-state index contributed by atoms with van der Waals surface area (Å²) in [6, 6.07) is 17.6. The lowest BCUT2D eigenvalue weighted by Crippen LogP contribution is -2.59. The fourth-order valence-corrected chi connectivity index (χ4v) is 6.31. The van der Waals surface area contributed by atoms with Crippen molar-refractivity contribution >= 4 is 52.4 Å². The van der Waals surface area contributed by atoms with E-state index in [9.17, 15) is 19.2 Å². The topological polar surface area (TPSA) is 80.8 Å². The third-order valence-electron chi connectivity index (χ3n) is 7.23. The maximum atomic E-state index is 14.2. The highest BCUT2D eigenvalue weighted by Crippen LogP contribution is 2.60. The second-order valence-electron chi connectivity index (χ2n) is 9.04. The molecule has 8 heteroatoms. The number of fused-ring (bicyclic) bond motifs is 3. The predicted molar refractivity (Wildman–Crippen MR) is 129 cm³/mol. The molecular weight excluding hydrogens is 489 g/mol. The highest BCUT2D eigenvalue weighted by atomic mass is 35.5. The molecule has 6 nitrogen and oxygen atoms in total. The molecule has 3 atom stereocenters. The van der Waals surface area contributed by atoms with Crippen LogP contribution in [-0.4, -0.2) is 29.0 Å². The van der Waals surface area contributed by atoms with E-state index in [0.717, 1.165) is 5.56 Å². The molecule has 3 aromatic rings. The molecule has 0 aromatic heterocycles. The van der Waals surface area contributed by atoms with Crippen molar-refractivity contribution in [2.24, 2.45) is 11.8 Å². The van der Waals surface area contributed by atoms with Crippen LogP contribution >= 0.6 is 23.2 Å². The van der Waals surface area contributed by atoms with Crippen LogP contribution in [0.25, 0.3) is 0 Å². The molecule has 6 rings (SSSR count). The van der Waals surface area contributed by atoms with Gasteiger partial charge in [0.2, 0.25) is 0 Å². The number of hydrogen-bond donors (Lipinski definition) is 0. The number of esters is 2. The van der Waals surface area contributed by atoms with Gasteiger partial charge in [0.05, 0.1) is 22.7 Å². The monoisotopic (exact) mass is 505 g/mol. The molecule has 0 saturated carbocycles. The summed E-state index contributed by atoms with van der Waals surface area (Å²) in [5, 5.41) is 0.549. The Labute approximate surface area is 210 Å². The molecule has 0 unspecified atom stereocenters. The third kappa shape index (κ3) is 2.78. The second kappa shape index (κ2) is 7.51. The van der Waals surface area contributed by atoms with Crippen molar-refractivity contribution in [1.82, 2.24) is 0 Å². The van der Waals surface area contributed by atoms with Crippen LogP contribution in [0.5, 0.6) is 0 Å². The van der Waals surface area contributed by atoms with E-state index in [1.165, 1.54) is 6.07 Å². The first-order chi connectivity index (χ1) is 16.8. The maximum absolute atomic E-state index is 14.2. The number of aryl methyl sites for hydroxylation is 1. The van der Waals surface area contributed by atoms with Crippen LogP contribution in [0, 0.1) is 18.8 Å². The number of Topliss-reactive ketones (excluding diaryl/α,β-unsaturated/α-hetero) is 2. The van der Waals surface area contributed by atoms with Crippen LogP contribution in [0.2, 0.25) is 10.0 Å². The summed E-state index contributed by atoms with van der Waals surface area (Å²) < 4.78 is 5.06. The average Bonchev–Trinajstić information content (AvgIpc) is 3.39. The van der Waals surface area contributed by atoms with Gasteiger partial charge in [0, 0.05) is 16.1 Å². The predicted octanol–water partition coefficient (Wildman–Crippen LogP) is 5.00. The summed E-state index contributed by atoms with van der Waals surface area (Å²) in [6.07, 6.45) is 0. The van der Waals surface area contributed by atoms with Gasteiger partial charge < -0.3 is 9.64 Å². The van der Waals surface area contributed by atoms with Gasteiger partial charge >= 0.3 is 11.9 Å². The first-order valence-electron chi connectivity index (χ1n) is 11.0. The van der Waals surface area contributed by atoms with Crippen LogP contribution in [0.15, 0.2) is 66.7 Å². The zero-order chi connectivity index (χ0) is 24.6. The Kier molecular flexibility index (Phi) is 4.72. The van der Waals surface area contributed by atoms with Gasteiger partial charge in [0.25, 0.3) is 0 Å². The van der Waals surface area contributed by atoms with Gasteiger partial charge in [-0.2, -0.15) is 0 Å². The number of cyclic esters (lactones) is 2. The number of nitrogens with zero attached hydrogens (tertiary/aromatic N) is 1. The van der Waals surface area contributed by atoms with E-state index in [4.69, 9.17) is 27.9 Å². The first-order valence-corrected chi connectivity index (χ1v) is 11.8. The Balaban J connectivity index is 1.70. The lowest BCUT2D eigenvalue weighted by molar-refractivity contribution is -0.154. The number of carbonyl (C=O) groups excluding carboxylic acids is 4. The largest absolute Gasteiger partial charge is 0.393 e. The lowest BCUT2D eigenvalue weighted by Gasteiger charge is -2.40. The summed E-state index contributed by atoms with van der Waals surface area (Å²) in [6.45, 7) is 1.92. The van der Waals surface area contributed by atoms with E-state index in [1.807, 2.05) is 31.2 Å². The van der Waals surface area contributed by atoms with E-state index in [-0.39, 0.29) is 16.1 Å². The lowest BCUT2D eigenvalue weighted by atomic mass is 9.76.